The summed E-state index contributed by atoms with van der Waals surface area (Å²) >= 11 is 6.62. The molecule has 7 aromatic rings. The van der Waals surface area contributed by atoms with Crippen LogP contribution in [0.5, 0.6) is 0 Å². The fourth-order valence-electron chi connectivity index (χ4n) is 5.07. The van der Waals surface area contributed by atoms with Gasteiger partial charge in [-0.05, 0) is 52.1 Å². The van der Waals surface area contributed by atoms with Crippen LogP contribution in [0.25, 0.3) is 67.5 Å². The molecule has 0 fully saturated rings. The third-order valence-electron chi connectivity index (χ3n) is 7.29. The van der Waals surface area contributed by atoms with E-state index < -0.39 is 0 Å². The van der Waals surface area contributed by atoms with Gasteiger partial charge < -0.3 is 0 Å². The van der Waals surface area contributed by atoms with E-state index in [4.69, 9.17) is 26.6 Å². The molecule has 0 bridgehead atoms. The first-order valence-corrected chi connectivity index (χ1v) is 14.4. The van der Waals surface area contributed by atoms with Crippen LogP contribution in [0.3, 0.4) is 0 Å². The quantitative estimate of drug-likeness (QED) is 0.199. The van der Waals surface area contributed by atoms with E-state index in [1.165, 1.54) is 0 Å². The third kappa shape index (κ3) is 5.82. The van der Waals surface area contributed by atoms with Crippen LogP contribution < -0.4 is 0 Å². The highest BCUT2D eigenvalue weighted by molar-refractivity contribution is 6.31. The van der Waals surface area contributed by atoms with E-state index in [2.05, 4.69) is 77.8 Å². The highest BCUT2D eigenvalue weighted by atomic mass is 35.5. The minimum atomic E-state index is 0.548. The topological polar surface area (TPSA) is 51.6 Å². The molecule has 5 aromatic carbocycles. The van der Waals surface area contributed by atoms with Crippen molar-refractivity contribution >= 4 is 11.6 Å². The Bertz CT molecular complexity index is 1890. The SMILES string of the molecule is Clc1cc(-c2cccnc2)cc(-c2nc(-c3ccc(-c4ccccc4)cc3)nc(-c3ccc(-c4ccccc4)cc3)n2)c1. The third-order valence-corrected chi connectivity index (χ3v) is 7.50. The molecule has 204 valence electrons. The number of rotatable bonds is 6. The number of halogens is 1. The fourth-order valence-corrected chi connectivity index (χ4v) is 5.30. The van der Waals surface area contributed by atoms with Gasteiger partial charge in [-0.15, -0.1) is 0 Å². The number of aromatic nitrogens is 4. The number of hydrogen-bond donors (Lipinski definition) is 0. The van der Waals surface area contributed by atoms with Gasteiger partial charge in [0.2, 0.25) is 0 Å². The minimum absolute atomic E-state index is 0.548. The number of hydrogen-bond acceptors (Lipinski definition) is 4. The zero-order valence-corrected chi connectivity index (χ0v) is 23.9. The van der Waals surface area contributed by atoms with Crippen molar-refractivity contribution in [1.82, 2.24) is 19.9 Å². The molecule has 2 aromatic heterocycles. The number of pyridine rings is 1. The highest BCUT2D eigenvalue weighted by Gasteiger charge is 2.14. The normalized spacial score (nSPS) is 10.9. The molecule has 0 saturated heterocycles. The van der Waals surface area contributed by atoms with Crippen molar-refractivity contribution in [2.75, 3.05) is 0 Å². The molecule has 0 unspecified atom stereocenters. The van der Waals surface area contributed by atoms with Gasteiger partial charge in [-0.25, -0.2) is 15.0 Å². The van der Waals surface area contributed by atoms with Gasteiger partial charge in [0.15, 0.2) is 17.5 Å². The molecule has 0 radical (unpaired) electrons. The second-order valence-electron chi connectivity index (χ2n) is 10.2. The van der Waals surface area contributed by atoms with Gasteiger partial charge in [-0.2, -0.15) is 0 Å². The van der Waals surface area contributed by atoms with Crippen LogP contribution in [0.15, 0.2) is 152 Å². The van der Waals surface area contributed by atoms with Gasteiger partial charge in [0.1, 0.15) is 0 Å². The summed E-state index contributed by atoms with van der Waals surface area (Å²) in [5.74, 6) is 1.73. The average Bonchev–Trinajstić information content (AvgIpc) is 3.09. The molecule has 0 aliphatic carbocycles. The number of nitrogens with zero attached hydrogens (tertiary/aromatic N) is 4. The Kier molecular flexibility index (Phi) is 7.26. The van der Waals surface area contributed by atoms with E-state index >= 15 is 0 Å². The van der Waals surface area contributed by atoms with Gasteiger partial charge in [0, 0.05) is 39.7 Å². The van der Waals surface area contributed by atoms with Crippen LogP contribution in [-0.2, 0) is 0 Å². The molecule has 4 nitrogen and oxygen atoms in total. The second kappa shape index (κ2) is 11.8. The van der Waals surface area contributed by atoms with E-state index in [-0.39, 0.29) is 0 Å². The number of benzene rings is 5. The predicted octanol–water partition coefficient (Wildman–Crippen LogP) is 9.92. The van der Waals surface area contributed by atoms with Crippen molar-refractivity contribution in [3.63, 3.8) is 0 Å². The lowest BCUT2D eigenvalue weighted by Gasteiger charge is -2.11. The van der Waals surface area contributed by atoms with Crippen LogP contribution in [0, 0.1) is 0 Å². The molecule has 5 heteroatoms. The molecule has 2 heterocycles. The van der Waals surface area contributed by atoms with Gasteiger partial charge in [0.05, 0.1) is 0 Å². The summed E-state index contributed by atoms with van der Waals surface area (Å²) < 4.78 is 0. The lowest BCUT2D eigenvalue weighted by atomic mass is 10.0. The Hall–Kier alpha value is -5.45. The summed E-state index contributed by atoms with van der Waals surface area (Å²) in [4.78, 5) is 19.1. The first-order chi connectivity index (χ1) is 21.2. The molecule has 0 aliphatic heterocycles. The van der Waals surface area contributed by atoms with Crippen LogP contribution in [0.1, 0.15) is 0 Å². The lowest BCUT2D eigenvalue weighted by molar-refractivity contribution is 1.07. The Morgan fingerprint density at radius 2 is 0.767 bits per heavy atom. The maximum absolute atomic E-state index is 6.62. The minimum Gasteiger partial charge on any atom is -0.264 e. The molecule has 0 amide bonds. The summed E-state index contributed by atoms with van der Waals surface area (Å²) in [6, 6.07) is 47.0. The van der Waals surface area contributed by atoms with Crippen LogP contribution in [0.4, 0.5) is 0 Å². The molecular formula is C38H25ClN4. The summed E-state index contributed by atoms with van der Waals surface area (Å²) in [5, 5.41) is 0.597. The zero-order chi connectivity index (χ0) is 29.0. The first kappa shape index (κ1) is 26.4. The fraction of sp³-hybridized carbons (Fsp3) is 0. The standard InChI is InChI=1S/C38H25ClN4/c39-35-23-33(32-12-7-21-40-25-32)22-34(24-35)38-42-36(30-17-13-28(14-18-30)26-8-3-1-4-9-26)41-37(43-38)31-19-15-29(16-20-31)27-10-5-2-6-11-27/h1-25H. The van der Waals surface area contributed by atoms with Crippen molar-refractivity contribution in [3.8, 4) is 67.5 Å². The van der Waals surface area contributed by atoms with Crippen LogP contribution in [-0.4, -0.2) is 19.9 Å². The second-order valence-corrected chi connectivity index (χ2v) is 10.6. The average molecular weight is 573 g/mol. The molecule has 0 saturated carbocycles. The smallest absolute Gasteiger partial charge is 0.164 e. The van der Waals surface area contributed by atoms with E-state index in [0.717, 1.165) is 50.1 Å². The summed E-state index contributed by atoms with van der Waals surface area (Å²) in [6.07, 6.45) is 3.58. The largest absolute Gasteiger partial charge is 0.264 e. The highest BCUT2D eigenvalue weighted by Crippen LogP contribution is 2.32. The molecule has 43 heavy (non-hydrogen) atoms. The summed E-state index contributed by atoms with van der Waals surface area (Å²) in [7, 11) is 0. The molecule has 0 aliphatic rings. The molecule has 0 atom stereocenters. The maximum Gasteiger partial charge on any atom is 0.164 e. The van der Waals surface area contributed by atoms with Gasteiger partial charge in [-0.1, -0.05) is 127 Å². The first-order valence-electron chi connectivity index (χ1n) is 14.0. The predicted molar refractivity (Wildman–Crippen MR) is 175 cm³/mol. The van der Waals surface area contributed by atoms with Gasteiger partial charge in [-0.3, -0.25) is 4.98 Å². The Labute approximate surface area is 255 Å². The molecule has 7 rings (SSSR count). The monoisotopic (exact) mass is 572 g/mol. The van der Waals surface area contributed by atoms with Crippen molar-refractivity contribution in [3.05, 3.63) is 157 Å². The van der Waals surface area contributed by atoms with E-state index in [9.17, 15) is 0 Å². The summed E-state index contributed by atoms with van der Waals surface area (Å²) in [6.45, 7) is 0. The zero-order valence-electron chi connectivity index (χ0n) is 23.1. The molecule has 0 N–H and O–H groups in total. The van der Waals surface area contributed by atoms with Crippen molar-refractivity contribution in [2.24, 2.45) is 0 Å². The Balaban J connectivity index is 1.34. The van der Waals surface area contributed by atoms with Crippen molar-refractivity contribution in [2.45, 2.75) is 0 Å². The Morgan fingerprint density at radius 3 is 1.26 bits per heavy atom. The summed E-state index contributed by atoms with van der Waals surface area (Å²) in [5.41, 5.74) is 9.10. The Morgan fingerprint density at radius 1 is 0.349 bits per heavy atom. The molecule has 0 spiro atoms. The van der Waals surface area contributed by atoms with Gasteiger partial charge in [0.25, 0.3) is 0 Å². The van der Waals surface area contributed by atoms with Crippen LogP contribution in [0.2, 0.25) is 5.02 Å². The lowest BCUT2D eigenvalue weighted by Crippen LogP contribution is -2.00. The van der Waals surface area contributed by atoms with E-state index in [0.29, 0.717) is 22.5 Å². The van der Waals surface area contributed by atoms with E-state index in [1.807, 2.05) is 72.9 Å². The van der Waals surface area contributed by atoms with Crippen LogP contribution >= 0.6 is 11.6 Å². The van der Waals surface area contributed by atoms with Crippen molar-refractivity contribution in [1.29, 1.82) is 0 Å². The maximum atomic E-state index is 6.62. The van der Waals surface area contributed by atoms with Gasteiger partial charge >= 0.3 is 0 Å². The van der Waals surface area contributed by atoms with E-state index in [1.54, 1.807) is 6.20 Å². The molecular weight excluding hydrogens is 548 g/mol. The van der Waals surface area contributed by atoms with Crippen molar-refractivity contribution < 1.29 is 0 Å².